The van der Waals surface area contributed by atoms with E-state index in [1.807, 2.05) is 13.0 Å². The van der Waals surface area contributed by atoms with Gasteiger partial charge < -0.3 is 14.2 Å². The lowest BCUT2D eigenvalue weighted by Crippen LogP contribution is -2.28. The van der Waals surface area contributed by atoms with Crippen LogP contribution in [0.25, 0.3) is 0 Å². The molecule has 0 saturated carbocycles. The monoisotopic (exact) mass is 277 g/mol. The molecule has 108 valence electrons. The van der Waals surface area contributed by atoms with Gasteiger partial charge in [-0.3, -0.25) is 0 Å². The lowest BCUT2D eigenvalue weighted by Gasteiger charge is -2.17. The molecule has 1 unspecified atom stereocenters. The van der Waals surface area contributed by atoms with E-state index in [4.69, 9.17) is 19.5 Å². The van der Waals surface area contributed by atoms with Gasteiger partial charge in [-0.15, -0.1) is 0 Å². The topological polar surface area (TPSA) is 68.5 Å². The van der Waals surface area contributed by atoms with Crippen LogP contribution in [0.3, 0.4) is 0 Å². The molecule has 1 atom stereocenters. The van der Waals surface area contributed by atoms with Gasteiger partial charge in [-0.05, 0) is 25.0 Å². The Labute approximate surface area is 119 Å². The van der Waals surface area contributed by atoms with Crippen molar-refractivity contribution in [2.24, 2.45) is 0 Å². The molecule has 0 aliphatic heterocycles. The Balaban J connectivity index is 2.92. The van der Waals surface area contributed by atoms with Crippen LogP contribution in [0.15, 0.2) is 18.2 Å². The molecule has 1 aromatic carbocycles. The minimum absolute atomic E-state index is 0.415. The van der Waals surface area contributed by atoms with Gasteiger partial charge in [-0.25, -0.2) is 4.79 Å². The molecule has 5 nitrogen and oxygen atoms in total. The smallest absolute Gasteiger partial charge is 0.347 e. The molecular formula is C15H19NO4. The summed E-state index contributed by atoms with van der Waals surface area (Å²) in [6.07, 6.45) is 1.72. The zero-order valence-corrected chi connectivity index (χ0v) is 12.0. The molecule has 0 fully saturated rings. The van der Waals surface area contributed by atoms with Gasteiger partial charge in [0.1, 0.15) is 11.5 Å². The number of methoxy groups -OCH3 is 2. The highest BCUT2D eigenvalue weighted by Crippen LogP contribution is 2.24. The Morgan fingerprint density at radius 2 is 2.00 bits per heavy atom. The fourth-order valence-corrected chi connectivity index (χ4v) is 1.73. The van der Waals surface area contributed by atoms with Crippen LogP contribution in [0, 0.1) is 11.3 Å². The summed E-state index contributed by atoms with van der Waals surface area (Å²) in [5, 5.41) is 8.96. The average Bonchev–Trinajstić information content (AvgIpc) is 2.49. The van der Waals surface area contributed by atoms with Gasteiger partial charge >= 0.3 is 5.97 Å². The van der Waals surface area contributed by atoms with Crippen molar-refractivity contribution in [3.8, 4) is 17.6 Å². The number of unbranched alkanes of at least 4 members (excludes halogenated alkanes) is 1. The first-order valence-corrected chi connectivity index (χ1v) is 6.48. The molecule has 20 heavy (non-hydrogen) atoms. The van der Waals surface area contributed by atoms with E-state index in [-0.39, 0.29) is 0 Å². The Morgan fingerprint density at radius 1 is 1.30 bits per heavy atom. The van der Waals surface area contributed by atoms with Gasteiger partial charge in [0.15, 0.2) is 6.10 Å². The number of rotatable bonds is 7. The molecule has 0 aromatic heterocycles. The summed E-state index contributed by atoms with van der Waals surface area (Å²) in [7, 11) is 2.84. The number of nitrogens with zero attached hydrogens (tertiary/aromatic N) is 1. The Bertz CT molecular complexity index is 493. The predicted octanol–water partition coefficient (Wildman–Crippen LogP) is 2.68. The van der Waals surface area contributed by atoms with E-state index in [0.717, 1.165) is 12.8 Å². The van der Waals surface area contributed by atoms with Crippen LogP contribution in [0.2, 0.25) is 0 Å². The van der Waals surface area contributed by atoms with Gasteiger partial charge in [-0.1, -0.05) is 13.3 Å². The van der Waals surface area contributed by atoms with Crippen molar-refractivity contribution in [1.29, 1.82) is 5.26 Å². The van der Waals surface area contributed by atoms with Crippen LogP contribution in [0.5, 0.6) is 11.5 Å². The van der Waals surface area contributed by atoms with E-state index in [9.17, 15) is 4.79 Å². The molecule has 1 rings (SSSR count). The van der Waals surface area contributed by atoms with Crippen LogP contribution >= 0.6 is 0 Å². The Morgan fingerprint density at radius 3 is 2.55 bits per heavy atom. The largest absolute Gasteiger partial charge is 0.497 e. The van der Waals surface area contributed by atoms with Gasteiger partial charge in [0, 0.05) is 6.07 Å². The first-order chi connectivity index (χ1) is 9.64. The molecule has 0 radical (unpaired) electrons. The molecule has 0 spiro atoms. The van der Waals surface area contributed by atoms with Crippen LogP contribution in [-0.2, 0) is 9.53 Å². The third-order valence-corrected chi connectivity index (χ3v) is 2.81. The number of esters is 1. The second kappa shape index (κ2) is 8.05. The van der Waals surface area contributed by atoms with Crippen molar-refractivity contribution >= 4 is 5.97 Å². The minimum Gasteiger partial charge on any atom is -0.497 e. The summed E-state index contributed by atoms with van der Waals surface area (Å²) >= 11 is 0. The van der Waals surface area contributed by atoms with Gasteiger partial charge in [0.2, 0.25) is 0 Å². The molecule has 0 aliphatic rings. The molecule has 1 aromatic rings. The second-order valence-corrected chi connectivity index (χ2v) is 4.28. The van der Waals surface area contributed by atoms with Crippen molar-refractivity contribution in [2.45, 2.75) is 32.3 Å². The SMILES string of the molecule is CCCCC(Oc1cc(C#N)cc(OC)c1)C(=O)OC. The van der Waals surface area contributed by atoms with Crippen LogP contribution in [0.1, 0.15) is 31.7 Å². The lowest BCUT2D eigenvalue weighted by atomic mass is 10.1. The summed E-state index contributed by atoms with van der Waals surface area (Å²) in [6, 6.07) is 6.84. The summed E-state index contributed by atoms with van der Waals surface area (Å²) in [4.78, 5) is 11.7. The van der Waals surface area contributed by atoms with Gasteiger partial charge in [-0.2, -0.15) is 5.26 Å². The molecular weight excluding hydrogens is 258 g/mol. The van der Waals surface area contributed by atoms with Crippen LogP contribution < -0.4 is 9.47 Å². The normalized spacial score (nSPS) is 11.3. The van der Waals surface area contributed by atoms with E-state index in [0.29, 0.717) is 23.5 Å². The predicted molar refractivity (Wildman–Crippen MR) is 73.7 cm³/mol. The number of benzene rings is 1. The van der Waals surface area contributed by atoms with Crippen molar-refractivity contribution in [3.05, 3.63) is 23.8 Å². The third-order valence-electron chi connectivity index (χ3n) is 2.81. The quantitative estimate of drug-likeness (QED) is 0.717. The lowest BCUT2D eigenvalue weighted by molar-refractivity contribution is -0.149. The first kappa shape index (κ1) is 15.8. The van der Waals surface area contributed by atoms with E-state index >= 15 is 0 Å². The Kier molecular flexibility index (Phi) is 6.38. The molecule has 0 amide bonds. The maximum Gasteiger partial charge on any atom is 0.347 e. The standard InChI is InChI=1S/C15H19NO4/c1-4-5-6-14(15(17)19-3)20-13-8-11(10-16)7-12(9-13)18-2/h7-9,14H,4-6H2,1-3H3. The number of hydrogen-bond acceptors (Lipinski definition) is 5. The zero-order chi connectivity index (χ0) is 15.0. The minimum atomic E-state index is -0.668. The Hall–Kier alpha value is -2.22. The van der Waals surface area contributed by atoms with E-state index in [1.165, 1.54) is 14.2 Å². The summed E-state index contributed by atoms with van der Waals surface area (Å²) in [5.74, 6) is 0.519. The first-order valence-electron chi connectivity index (χ1n) is 6.48. The average molecular weight is 277 g/mol. The fourth-order valence-electron chi connectivity index (χ4n) is 1.73. The number of carbonyl (C=O) groups is 1. The summed E-state index contributed by atoms with van der Waals surface area (Å²) in [5.41, 5.74) is 0.415. The highest BCUT2D eigenvalue weighted by Gasteiger charge is 2.21. The van der Waals surface area contributed by atoms with E-state index < -0.39 is 12.1 Å². The summed E-state index contributed by atoms with van der Waals surface area (Å²) < 4.78 is 15.5. The third kappa shape index (κ3) is 4.47. The number of hydrogen-bond donors (Lipinski definition) is 0. The number of nitriles is 1. The molecule has 0 saturated heterocycles. The maximum absolute atomic E-state index is 11.7. The number of carbonyl (C=O) groups excluding carboxylic acids is 1. The highest BCUT2D eigenvalue weighted by atomic mass is 16.6. The highest BCUT2D eigenvalue weighted by molar-refractivity contribution is 5.75. The molecule has 0 aliphatic carbocycles. The van der Waals surface area contributed by atoms with Crippen molar-refractivity contribution in [1.82, 2.24) is 0 Å². The fraction of sp³-hybridized carbons (Fsp3) is 0.467. The van der Waals surface area contributed by atoms with Gasteiger partial charge in [0.25, 0.3) is 0 Å². The van der Waals surface area contributed by atoms with Crippen molar-refractivity contribution in [2.75, 3.05) is 14.2 Å². The maximum atomic E-state index is 11.7. The second-order valence-electron chi connectivity index (χ2n) is 4.28. The molecule has 5 heteroatoms. The van der Waals surface area contributed by atoms with E-state index in [1.54, 1.807) is 18.2 Å². The van der Waals surface area contributed by atoms with Crippen LogP contribution in [0.4, 0.5) is 0 Å². The zero-order valence-electron chi connectivity index (χ0n) is 12.0. The van der Waals surface area contributed by atoms with Crippen molar-refractivity contribution < 1.29 is 19.0 Å². The summed E-state index contributed by atoms with van der Waals surface area (Å²) in [6.45, 7) is 2.04. The molecule has 0 N–H and O–H groups in total. The van der Waals surface area contributed by atoms with E-state index in [2.05, 4.69) is 0 Å². The molecule has 0 heterocycles. The van der Waals surface area contributed by atoms with Gasteiger partial charge in [0.05, 0.1) is 25.9 Å². The molecule has 0 bridgehead atoms. The van der Waals surface area contributed by atoms with Crippen LogP contribution in [-0.4, -0.2) is 26.3 Å². The van der Waals surface area contributed by atoms with Crippen molar-refractivity contribution in [3.63, 3.8) is 0 Å². The number of ether oxygens (including phenoxy) is 3.